The topological polar surface area (TPSA) is 65.1 Å². The quantitative estimate of drug-likeness (QED) is 0.792. The van der Waals surface area contributed by atoms with Gasteiger partial charge >= 0.3 is 5.97 Å². The molecule has 3 rings (SSSR count). The zero-order valence-corrected chi connectivity index (χ0v) is 10.7. The highest BCUT2D eigenvalue weighted by Crippen LogP contribution is 2.29. The maximum atomic E-state index is 10.9. The molecule has 19 heavy (non-hydrogen) atoms. The Morgan fingerprint density at radius 2 is 1.95 bits per heavy atom. The number of hydrogen-bond acceptors (Lipinski definition) is 2. The van der Waals surface area contributed by atoms with Gasteiger partial charge in [0.05, 0.1) is 11.6 Å². The maximum absolute atomic E-state index is 10.9. The predicted molar refractivity (Wildman–Crippen MR) is 75.3 cm³/mol. The van der Waals surface area contributed by atoms with Gasteiger partial charge < -0.3 is 15.4 Å². The molecule has 2 aromatic rings. The Morgan fingerprint density at radius 1 is 1.21 bits per heavy atom. The van der Waals surface area contributed by atoms with Crippen LogP contribution in [0.25, 0.3) is 10.9 Å². The van der Waals surface area contributed by atoms with Gasteiger partial charge in [-0.3, -0.25) is 4.79 Å². The molecule has 4 heteroatoms. The Kier molecular flexibility index (Phi) is 3.15. The second-order valence-electron chi connectivity index (χ2n) is 5.28. The number of hydrogen-bond donors (Lipinski definition) is 3. The number of carbonyl (C=O) groups is 1. The van der Waals surface area contributed by atoms with Crippen molar-refractivity contribution < 1.29 is 9.90 Å². The standard InChI is InChI=1S/C15H18N2O2/c18-15(19)10-5-7-11(8-6-10)17-14-9-16-13-4-2-1-3-12(13)14/h1-4,9-11,16-17H,5-8H2,(H,18,19). The van der Waals surface area contributed by atoms with E-state index in [4.69, 9.17) is 5.11 Å². The van der Waals surface area contributed by atoms with Gasteiger partial charge in [0.15, 0.2) is 0 Å². The molecule has 3 N–H and O–H groups in total. The van der Waals surface area contributed by atoms with E-state index in [1.165, 1.54) is 5.39 Å². The van der Waals surface area contributed by atoms with Gasteiger partial charge in [0.1, 0.15) is 0 Å². The number of aromatic amines is 1. The number of aromatic nitrogens is 1. The molecule has 0 bridgehead atoms. The van der Waals surface area contributed by atoms with Crippen LogP contribution < -0.4 is 5.32 Å². The summed E-state index contributed by atoms with van der Waals surface area (Å²) in [5.74, 6) is -0.799. The normalized spacial score (nSPS) is 23.4. The summed E-state index contributed by atoms with van der Waals surface area (Å²) >= 11 is 0. The number of aliphatic carboxylic acids is 1. The molecule has 1 saturated carbocycles. The number of para-hydroxylation sites is 1. The van der Waals surface area contributed by atoms with Gasteiger partial charge in [0.25, 0.3) is 0 Å². The van der Waals surface area contributed by atoms with Crippen molar-refractivity contribution >= 4 is 22.6 Å². The molecule has 1 fully saturated rings. The lowest BCUT2D eigenvalue weighted by atomic mass is 9.86. The van der Waals surface area contributed by atoms with Crippen molar-refractivity contribution in [1.29, 1.82) is 0 Å². The molecular weight excluding hydrogens is 240 g/mol. The van der Waals surface area contributed by atoms with E-state index in [1.54, 1.807) is 0 Å². The Balaban J connectivity index is 1.68. The first-order valence-corrected chi connectivity index (χ1v) is 6.79. The van der Waals surface area contributed by atoms with Gasteiger partial charge in [0, 0.05) is 23.1 Å². The van der Waals surface area contributed by atoms with Crippen molar-refractivity contribution in [1.82, 2.24) is 4.98 Å². The van der Waals surface area contributed by atoms with E-state index in [0.717, 1.165) is 36.9 Å². The molecule has 0 saturated heterocycles. The minimum Gasteiger partial charge on any atom is -0.481 e. The second kappa shape index (κ2) is 4.96. The summed E-state index contributed by atoms with van der Waals surface area (Å²) in [5.41, 5.74) is 2.25. The average Bonchev–Trinajstić information content (AvgIpc) is 2.83. The molecule has 0 unspecified atom stereocenters. The van der Waals surface area contributed by atoms with E-state index in [1.807, 2.05) is 18.3 Å². The van der Waals surface area contributed by atoms with Crippen molar-refractivity contribution in [2.45, 2.75) is 31.7 Å². The molecule has 0 atom stereocenters. The molecule has 0 aliphatic heterocycles. The lowest BCUT2D eigenvalue weighted by Crippen LogP contribution is -2.29. The molecule has 1 aliphatic carbocycles. The number of carboxylic acids is 1. The van der Waals surface area contributed by atoms with Crippen LogP contribution in [0.15, 0.2) is 30.5 Å². The monoisotopic (exact) mass is 258 g/mol. The minimum absolute atomic E-state index is 0.152. The minimum atomic E-state index is -0.648. The molecule has 1 aliphatic rings. The first kappa shape index (κ1) is 12.1. The summed E-state index contributed by atoms with van der Waals surface area (Å²) in [6, 6.07) is 8.58. The summed E-state index contributed by atoms with van der Waals surface area (Å²) < 4.78 is 0. The zero-order valence-electron chi connectivity index (χ0n) is 10.7. The fourth-order valence-corrected chi connectivity index (χ4v) is 2.90. The van der Waals surface area contributed by atoms with Crippen LogP contribution in [0, 0.1) is 5.92 Å². The molecule has 1 heterocycles. The van der Waals surface area contributed by atoms with Crippen LogP contribution in [0.3, 0.4) is 0 Å². The third kappa shape index (κ3) is 2.43. The van der Waals surface area contributed by atoms with Crippen molar-refractivity contribution in [3.05, 3.63) is 30.5 Å². The molecule has 1 aromatic heterocycles. The SMILES string of the molecule is O=C(O)C1CCC(Nc2c[nH]c3ccccc23)CC1. The summed E-state index contributed by atoms with van der Waals surface area (Å²) in [6.07, 6.45) is 5.39. The van der Waals surface area contributed by atoms with Crippen LogP contribution in [-0.2, 0) is 4.79 Å². The van der Waals surface area contributed by atoms with E-state index in [-0.39, 0.29) is 5.92 Å². The van der Waals surface area contributed by atoms with E-state index < -0.39 is 5.97 Å². The molecule has 1 aromatic carbocycles. The van der Waals surface area contributed by atoms with Crippen LogP contribution in [0.2, 0.25) is 0 Å². The fourth-order valence-electron chi connectivity index (χ4n) is 2.90. The average molecular weight is 258 g/mol. The highest BCUT2D eigenvalue weighted by molar-refractivity contribution is 5.92. The van der Waals surface area contributed by atoms with E-state index in [9.17, 15) is 4.79 Å². The summed E-state index contributed by atoms with van der Waals surface area (Å²) in [5, 5.41) is 13.7. The number of benzene rings is 1. The van der Waals surface area contributed by atoms with Gasteiger partial charge in [-0.05, 0) is 31.7 Å². The van der Waals surface area contributed by atoms with Gasteiger partial charge in [-0.25, -0.2) is 0 Å². The predicted octanol–water partition coefficient (Wildman–Crippen LogP) is 3.22. The largest absolute Gasteiger partial charge is 0.481 e. The van der Waals surface area contributed by atoms with Crippen LogP contribution in [-0.4, -0.2) is 22.1 Å². The number of fused-ring (bicyclic) bond motifs is 1. The van der Waals surface area contributed by atoms with Gasteiger partial charge in [-0.1, -0.05) is 18.2 Å². The lowest BCUT2D eigenvalue weighted by molar-refractivity contribution is -0.142. The Morgan fingerprint density at radius 3 is 2.68 bits per heavy atom. The first-order valence-electron chi connectivity index (χ1n) is 6.79. The molecule has 0 amide bonds. The van der Waals surface area contributed by atoms with Crippen LogP contribution in [0.5, 0.6) is 0 Å². The summed E-state index contributed by atoms with van der Waals surface area (Å²) in [6.45, 7) is 0. The van der Waals surface area contributed by atoms with Gasteiger partial charge in [-0.15, -0.1) is 0 Å². The fraction of sp³-hybridized carbons (Fsp3) is 0.400. The highest BCUT2D eigenvalue weighted by atomic mass is 16.4. The second-order valence-corrected chi connectivity index (χ2v) is 5.28. The van der Waals surface area contributed by atoms with Crippen LogP contribution in [0.1, 0.15) is 25.7 Å². The zero-order chi connectivity index (χ0) is 13.2. The number of rotatable bonds is 3. The molecule has 0 radical (unpaired) electrons. The number of carboxylic acid groups (broad SMARTS) is 1. The highest BCUT2D eigenvalue weighted by Gasteiger charge is 2.26. The van der Waals surface area contributed by atoms with E-state index in [0.29, 0.717) is 6.04 Å². The Hall–Kier alpha value is -1.97. The molecular formula is C15H18N2O2. The van der Waals surface area contributed by atoms with Gasteiger partial charge in [-0.2, -0.15) is 0 Å². The molecule has 4 nitrogen and oxygen atoms in total. The van der Waals surface area contributed by atoms with Crippen LogP contribution >= 0.6 is 0 Å². The summed E-state index contributed by atoms with van der Waals surface area (Å²) in [4.78, 5) is 14.2. The smallest absolute Gasteiger partial charge is 0.306 e. The van der Waals surface area contributed by atoms with Crippen molar-refractivity contribution in [2.24, 2.45) is 5.92 Å². The Bertz CT molecular complexity index is 583. The number of anilines is 1. The third-order valence-electron chi connectivity index (χ3n) is 4.03. The molecule has 100 valence electrons. The maximum Gasteiger partial charge on any atom is 0.306 e. The molecule has 0 spiro atoms. The third-order valence-corrected chi connectivity index (χ3v) is 4.03. The van der Waals surface area contributed by atoms with Crippen LogP contribution in [0.4, 0.5) is 5.69 Å². The Labute approximate surface area is 111 Å². The first-order chi connectivity index (χ1) is 9.24. The van der Waals surface area contributed by atoms with E-state index in [2.05, 4.69) is 22.4 Å². The van der Waals surface area contributed by atoms with E-state index >= 15 is 0 Å². The van der Waals surface area contributed by atoms with Crippen molar-refractivity contribution in [3.8, 4) is 0 Å². The number of nitrogens with one attached hydrogen (secondary N) is 2. The number of H-pyrrole nitrogens is 1. The van der Waals surface area contributed by atoms with Crippen molar-refractivity contribution in [3.63, 3.8) is 0 Å². The van der Waals surface area contributed by atoms with Gasteiger partial charge in [0.2, 0.25) is 0 Å². The lowest BCUT2D eigenvalue weighted by Gasteiger charge is -2.27. The van der Waals surface area contributed by atoms with Crippen molar-refractivity contribution in [2.75, 3.05) is 5.32 Å². The summed E-state index contributed by atoms with van der Waals surface area (Å²) in [7, 11) is 0.